The standard InChI is InChI=1S/C10H19BO4/c1-2-3-4-13-8-7-9(11)15-10(8,5-12)6-14-7/h7-9,12H,2-6,11H2,1H3/t7?,8?,9-,10+/m1/s1. The molecule has 0 spiro atoms. The second kappa shape index (κ2) is 4.41. The number of unbranched alkanes of at least 4 members (excludes halogenated alkanes) is 1. The molecule has 0 aromatic carbocycles. The quantitative estimate of drug-likeness (QED) is 0.485. The van der Waals surface area contributed by atoms with Crippen LogP contribution in [0, 0.1) is 0 Å². The van der Waals surface area contributed by atoms with Crippen molar-refractivity contribution in [1.82, 2.24) is 0 Å². The van der Waals surface area contributed by atoms with Crippen molar-refractivity contribution >= 4 is 7.85 Å². The molecule has 86 valence electrons. The molecule has 0 aliphatic carbocycles. The van der Waals surface area contributed by atoms with Gasteiger partial charge >= 0.3 is 0 Å². The Morgan fingerprint density at radius 3 is 3.00 bits per heavy atom. The maximum Gasteiger partial charge on any atom is 0.142 e. The third kappa shape index (κ3) is 1.82. The van der Waals surface area contributed by atoms with Gasteiger partial charge in [0.05, 0.1) is 19.2 Å². The summed E-state index contributed by atoms with van der Waals surface area (Å²) in [5.41, 5.74) is -0.599. The van der Waals surface area contributed by atoms with Crippen LogP contribution in [0.25, 0.3) is 0 Å². The van der Waals surface area contributed by atoms with Gasteiger partial charge in [-0.25, -0.2) is 0 Å². The Morgan fingerprint density at radius 2 is 2.40 bits per heavy atom. The third-order valence-corrected chi connectivity index (χ3v) is 3.28. The Morgan fingerprint density at radius 1 is 1.60 bits per heavy atom. The van der Waals surface area contributed by atoms with Gasteiger partial charge in [-0.1, -0.05) is 13.3 Å². The van der Waals surface area contributed by atoms with Crippen LogP contribution in [0.1, 0.15) is 19.8 Å². The summed E-state index contributed by atoms with van der Waals surface area (Å²) in [4.78, 5) is 0. The molecule has 2 saturated heterocycles. The van der Waals surface area contributed by atoms with E-state index in [9.17, 15) is 5.11 Å². The molecule has 0 saturated carbocycles. The largest absolute Gasteiger partial charge is 0.393 e. The molecule has 2 fully saturated rings. The Bertz CT molecular complexity index is 225. The Kier molecular flexibility index (Phi) is 3.35. The zero-order chi connectivity index (χ0) is 10.9. The van der Waals surface area contributed by atoms with Gasteiger partial charge in [-0.05, 0) is 6.42 Å². The first-order valence-corrected chi connectivity index (χ1v) is 5.75. The predicted molar refractivity (Wildman–Crippen MR) is 57.6 cm³/mol. The van der Waals surface area contributed by atoms with E-state index in [-0.39, 0.29) is 24.8 Å². The maximum absolute atomic E-state index is 9.40. The zero-order valence-electron chi connectivity index (χ0n) is 9.44. The van der Waals surface area contributed by atoms with E-state index in [4.69, 9.17) is 14.2 Å². The molecule has 2 rings (SSSR count). The minimum absolute atomic E-state index is 0.00555. The maximum atomic E-state index is 9.40. The number of hydrogen-bond acceptors (Lipinski definition) is 4. The van der Waals surface area contributed by atoms with Crippen LogP contribution < -0.4 is 0 Å². The summed E-state index contributed by atoms with van der Waals surface area (Å²) in [6.45, 7) is 3.28. The van der Waals surface area contributed by atoms with E-state index in [1.807, 2.05) is 7.85 Å². The number of aliphatic hydroxyl groups is 1. The van der Waals surface area contributed by atoms with Crippen molar-refractivity contribution in [2.45, 2.75) is 43.6 Å². The zero-order valence-corrected chi connectivity index (χ0v) is 9.44. The van der Waals surface area contributed by atoms with Crippen molar-refractivity contribution in [1.29, 1.82) is 0 Å². The van der Waals surface area contributed by atoms with Crippen LogP contribution >= 0.6 is 0 Å². The summed E-state index contributed by atoms with van der Waals surface area (Å²) < 4.78 is 17.1. The monoisotopic (exact) mass is 214 g/mol. The fourth-order valence-electron chi connectivity index (χ4n) is 2.40. The van der Waals surface area contributed by atoms with Gasteiger partial charge in [-0.3, -0.25) is 0 Å². The van der Waals surface area contributed by atoms with Gasteiger partial charge in [0.25, 0.3) is 0 Å². The first-order chi connectivity index (χ1) is 7.23. The number of aliphatic hydroxyl groups excluding tert-OH is 1. The minimum Gasteiger partial charge on any atom is -0.393 e. The van der Waals surface area contributed by atoms with E-state index in [1.54, 1.807) is 0 Å². The molecule has 2 aliphatic heterocycles. The van der Waals surface area contributed by atoms with Crippen LogP contribution in [0.4, 0.5) is 0 Å². The highest BCUT2D eigenvalue weighted by molar-refractivity contribution is 6.11. The van der Waals surface area contributed by atoms with E-state index in [1.165, 1.54) is 0 Å². The number of hydrogen-bond donors (Lipinski definition) is 1. The molecule has 4 nitrogen and oxygen atoms in total. The first-order valence-electron chi connectivity index (χ1n) is 5.75. The molecule has 4 atom stereocenters. The fraction of sp³-hybridized carbons (Fsp3) is 1.00. The number of ether oxygens (including phenoxy) is 3. The molecule has 0 aromatic rings. The Labute approximate surface area is 91.3 Å². The van der Waals surface area contributed by atoms with E-state index in [0.717, 1.165) is 19.4 Å². The van der Waals surface area contributed by atoms with Crippen molar-refractivity contribution in [3.05, 3.63) is 0 Å². The lowest BCUT2D eigenvalue weighted by atomic mass is 9.92. The summed E-state index contributed by atoms with van der Waals surface area (Å²) in [5.74, 6) is 0. The van der Waals surface area contributed by atoms with Gasteiger partial charge in [0, 0.05) is 6.61 Å². The normalized spacial score (nSPS) is 43.7. The van der Waals surface area contributed by atoms with E-state index < -0.39 is 5.60 Å². The highest BCUT2D eigenvalue weighted by Crippen LogP contribution is 2.40. The van der Waals surface area contributed by atoms with Gasteiger partial charge in [0.15, 0.2) is 0 Å². The van der Waals surface area contributed by atoms with Gasteiger partial charge in [-0.15, -0.1) is 0 Å². The average Bonchev–Trinajstić information content (AvgIpc) is 2.71. The molecule has 2 unspecified atom stereocenters. The predicted octanol–water partition coefficient (Wildman–Crippen LogP) is -0.709. The molecule has 15 heavy (non-hydrogen) atoms. The van der Waals surface area contributed by atoms with Crippen LogP contribution in [0.15, 0.2) is 0 Å². The highest BCUT2D eigenvalue weighted by atomic mass is 16.7. The molecule has 2 heterocycles. The lowest BCUT2D eigenvalue weighted by Gasteiger charge is -2.28. The van der Waals surface area contributed by atoms with Crippen molar-refractivity contribution < 1.29 is 19.3 Å². The Balaban J connectivity index is 1.97. The van der Waals surface area contributed by atoms with Gasteiger partial charge in [-0.2, -0.15) is 0 Å². The molecule has 0 radical (unpaired) electrons. The molecule has 0 amide bonds. The summed E-state index contributed by atoms with van der Waals surface area (Å²) >= 11 is 0. The SMILES string of the molecule is B[C@@H]1O[C@@]2(CO)COC1C2OCCCC. The molecular formula is C10H19BO4. The summed E-state index contributed by atoms with van der Waals surface area (Å²) in [6, 6.07) is 0.0255. The third-order valence-electron chi connectivity index (χ3n) is 3.28. The summed E-state index contributed by atoms with van der Waals surface area (Å²) in [6.07, 6.45) is 2.05. The fourth-order valence-corrected chi connectivity index (χ4v) is 2.40. The Hall–Kier alpha value is -0.0951. The van der Waals surface area contributed by atoms with Crippen LogP contribution in [-0.4, -0.2) is 56.6 Å². The van der Waals surface area contributed by atoms with E-state index in [2.05, 4.69) is 6.92 Å². The smallest absolute Gasteiger partial charge is 0.142 e. The topological polar surface area (TPSA) is 47.9 Å². The number of fused-ring (bicyclic) bond motifs is 2. The summed E-state index contributed by atoms with van der Waals surface area (Å²) in [5, 5.41) is 9.40. The van der Waals surface area contributed by atoms with Crippen LogP contribution in [0.5, 0.6) is 0 Å². The molecule has 0 aromatic heterocycles. The van der Waals surface area contributed by atoms with Crippen molar-refractivity contribution in [3.63, 3.8) is 0 Å². The second-order valence-electron chi connectivity index (χ2n) is 4.47. The van der Waals surface area contributed by atoms with Gasteiger partial charge in [0.2, 0.25) is 0 Å². The van der Waals surface area contributed by atoms with Crippen molar-refractivity contribution in [2.24, 2.45) is 0 Å². The minimum atomic E-state index is -0.599. The molecule has 2 aliphatic rings. The molecular weight excluding hydrogens is 195 g/mol. The van der Waals surface area contributed by atoms with Crippen molar-refractivity contribution in [2.75, 3.05) is 19.8 Å². The molecule has 2 bridgehead atoms. The van der Waals surface area contributed by atoms with Crippen molar-refractivity contribution in [3.8, 4) is 0 Å². The molecule has 1 N–H and O–H groups in total. The lowest BCUT2D eigenvalue weighted by molar-refractivity contribution is -0.140. The first kappa shape index (κ1) is 11.4. The number of rotatable bonds is 5. The lowest BCUT2D eigenvalue weighted by Crippen LogP contribution is -2.45. The second-order valence-corrected chi connectivity index (χ2v) is 4.47. The van der Waals surface area contributed by atoms with Crippen LogP contribution in [0.3, 0.4) is 0 Å². The molecule has 5 heteroatoms. The van der Waals surface area contributed by atoms with E-state index >= 15 is 0 Å². The summed E-state index contributed by atoms with van der Waals surface area (Å²) in [7, 11) is 1.97. The average molecular weight is 214 g/mol. The van der Waals surface area contributed by atoms with Gasteiger partial charge < -0.3 is 19.3 Å². The van der Waals surface area contributed by atoms with Crippen LogP contribution in [0.2, 0.25) is 0 Å². The van der Waals surface area contributed by atoms with Gasteiger partial charge in [0.1, 0.15) is 25.7 Å². The van der Waals surface area contributed by atoms with Crippen LogP contribution in [-0.2, 0) is 14.2 Å². The van der Waals surface area contributed by atoms with E-state index in [0.29, 0.717) is 6.61 Å². The highest BCUT2D eigenvalue weighted by Gasteiger charge is 2.60.